The number of benzene rings is 2. The number of rotatable bonds is 7. The number of ether oxygens (including phenoxy) is 1. The van der Waals surface area contributed by atoms with E-state index in [1.54, 1.807) is 23.6 Å². The summed E-state index contributed by atoms with van der Waals surface area (Å²) in [6.45, 7) is 4.32. The summed E-state index contributed by atoms with van der Waals surface area (Å²) in [5, 5.41) is 13.4. The molecule has 4 rings (SSSR count). The second-order valence-electron chi connectivity index (χ2n) is 7.61. The zero-order valence-corrected chi connectivity index (χ0v) is 19.4. The summed E-state index contributed by atoms with van der Waals surface area (Å²) >= 11 is 1.14. The highest BCUT2D eigenvalue weighted by Gasteiger charge is 2.25. The second-order valence-corrected chi connectivity index (χ2v) is 8.92. The molecule has 11 heteroatoms. The van der Waals surface area contributed by atoms with Crippen LogP contribution < -0.4 is 15.5 Å². The number of morpholine rings is 1. The van der Waals surface area contributed by atoms with Crippen molar-refractivity contribution in [2.75, 3.05) is 31.2 Å². The first-order valence-corrected chi connectivity index (χ1v) is 11.7. The van der Waals surface area contributed by atoms with Crippen LogP contribution in [0.15, 0.2) is 59.8 Å². The standard InChI is InChI=1S/C23H25FN6O3S/c1-16(20(31)26-21(32)25-15-17-6-3-2-4-7-17)34-23-28-27-22(29-10-12-33-13-11-29)30(23)19-9-5-8-18(24)14-19/h2-9,14,16H,10-13,15H2,1H3,(H2,25,26,31,32). The topological polar surface area (TPSA) is 101 Å². The van der Waals surface area contributed by atoms with E-state index in [4.69, 9.17) is 4.74 Å². The van der Waals surface area contributed by atoms with Gasteiger partial charge >= 0.3 is 6.03 Å². The predicted octanol–water partition coefficient (Wildman–Crippen LogP) is 2.75. The highest BCUT2D eigenvalue weighted by molar-refractivity contribution is 8.00. The van der Waals surface area contributed by atoms with E-state index in [0.717, 1.165) is 17.3 Å². The van der Waals surface area contributed by atoms with Crippen molar-refractivity contribution < 1.29 is 18.7 Å². The molecule has 0 bridgehead atoms. The first-order chi connectivity index (χ1) is 16.5. The van der Waals surface area contributed by atoms with Crippen molar-refractivity contribution in [2.45, 2.75) is 23.9 Å². The van der Waals surface area contributed by atoms with Gasteiger partial charge in [0.2, 0.25) is 11.9 Å². The van der Waals surface area contributed by atoms with Gasteiger partial charge < -0.3 is 15.0 Å². The molecule has 1 unspecified atom stereocenters. The van der Waals surface area contributed by atoms with Gasteiger partial charge in [0.1, 0.15) is 5.82 Å². The van der Waals surface area contributed by atoms with Crippen LogP contribution >= 0.6 is 11.8 Å². The van der Waals surface area contributed by atoms with Crippen LogP contribution in [0.5, 0.6) is 0 Å². The number of amides is 3. The number of carbonyl (C=O) groups is 2. The van der Waals surface area contributed by atoms with E-state index < -0.39 is 23.0 Å². The van der Waals surface area contributed by atoms with Crippen LogP contribution in [0.1, 0.15) is 12.5 Å². The molecule has 3 aromatic rings. The highest BCUT2D eigenvalue weighted by atomic mass is 32.2. The molecule has 0 saturated carbocycles. The van der Waals surface area contributed by atoms with E-state index in [1.807, 2.05) is 35.2 Å². The van der Waals surface area contributed by atoms with E-state index in [-0.39, 0.29) is 0 Å². The van der Waals surface area contributed by atoms with E-state index >= 15 is 0 Å². The third-order valence-electron chi connectivity index (χ3n) is 5.16. The lowest BCUT2D eigenvalue weighted by Crippen LogP contribution is -2.42. The van der Waals surface area contributed by atoms with Crippen molar-refractivity contribution in [2.24, 2.45) is 0 Å². The Bertz CT molecular complexity index is 1140. The number of hydrogen-bond donors (Lipinski definition) is 2. The minimum atomic E-state index is -0.656. The van der Waals surface area contributed by atoms with Crippen molar-refractivity contribution >= 4 is 29.6 Å². The summed E-state index contributed by atoms with van der Waals surface area (Å²) in [4.78, 5) is 26.8. The molecular weight excluding hydrogens is 459 g/mol. The predicted molar refractivity (Wildman–Crippen MR) is 126 cm³/mol. The number of hydrogen-bond acceptors (Lipinski definition) is 7. The zero-order chi connectivity index (χ0) is 23.9. The van der Waals surface area contributed by atoms with Gasteiger partial charge in [0.25, 0.3) is 0 Å². The van der Waals surface area contributed by atoms with Crippen molar-refractivity contribution in [3.63, 3.8) is 0 Å². The fourth-order valence-corrected chi connectivity index (χ4v) is 4.26. The normalized spacial score (nSPS) is 14.5. The number of nitrogens with zero attached hydrogens (tertiary/aromatic N) is 4. The minimum Gasteiger partial charge on any atom is -0.378 e. The van der Waals surface area contributed by atoms with Crippen LogP contribution in [-0.4, -0.2) is 58.3 Å². The van der Waals surface area contributed by atoms with Crippen LogP contribution in [0.4, 0.5) is 15.1 Å². The van der Waals surface area contributed by atoms with Crippen LogP contribution in [0, 0.1) is 5.82 Å². The van der Waals surface area contributed by atoms with Crippen LogP contribution in [-0.2, 0) is 16.1 Å². The number of thioether (sulfide) groups is 1. The Hall–Kier alpha value is -3.44. The van der Waals surface area contributed by atoms with Gasteiger partial charge in [-0.25, -0.2) is 9.18 Å². The lowest BCUT2D eigenvalue weighted by atomic mass is 10.2. The Kier molecular flexibility index (Phi) is 7.76. The molecule has 0 spiro atoms. The first kappa shape index (κ1) is 23.7. The van der Waals surface area contributed by atoms with Gasteiger partial charge in [-0.1, -0.05) is 48.2 Å². The van der Waals surface area contributed by atoms with Crippen molar-refractivity contribution in [1.82, 2.24) is 25.4 Å². The van der Waals surface area contributed by atoms with E-state index in [9.17, 15) is 14.0 Å². The molecule has 1 saturated heterocycles. The molecule has 1 aliphatic rings. The van der Waals surface area contributed by atoms with Crippen molar-refractivity contribution in [3.8, 4) is 5.69 Å². The zero-order valence-electron chi connectivity index (χ0n) is 18.6. The van der Waals surface area contributed by atoms with Gasteiger partial charge in [0.05, 0.1) is 24.2 Å². The highest BCUT2D eigenvalue weighted by Crippen LogP contribution is 2.30. The number of nitrogens with one attached hydrogen (secondary N) is 2. The molecule has 0 radical (unpaired) electrons. The summed E-state index contributed by atoms with van der Waals surface area (Å²) in [5.41, 5.74) is 1.47. The summed E-state index contributed by atoms with van der Waals surface area (Å²) in [5.74, 6) is -0.321. The van der Waals surface area contributed by atoms with Gasteiger partial charge in [-0.3, -0.25) is 14.7 Å². The lowest BCUT2D eigenvalue weighted by Gasteiger charge is -2.28. The smallest absolute Gasteiger partial charge is 0.321 e. The Morgan fingerprint density at radius 2 is 1.88 bits per heavy atom. The van der Waals surface area contributed by atoms with E-state index in [1.165, 1.54) is 12.1 Å². The molecule has 1 aliphatic heterocycles. The van der Waals surface area contributed by atoms with Gasteiger partial charge in [-0.2, -0.15) is 0 Å². The SMILES string of the molecule is CC(Sc1nnc(N2CCOCC2)n1-c1cccc(F)c1)C(=O)NC(=O)NCc1ccccc1. The molecule has 2 N–H and O–H groups in total. The average molecular weight is 485 g/mol. The Labute approximate surface area is 200 Å². The molecule has 1 fully saturated rings. The van der Waals surface area contributed by atoms with Gasteiger partial charge in [0, 0.05) is 19.6 Å². The Morgan fingerprint density at radius 1 is 1.12 bits per heavy atom. The molecular formula is C23H25FN6O3S. The molecule has 2 aromatic carbocycles. The number of urea groups is 1. The number of aromatic nitrogens is 3. The van der Waals surface area contributed by atoms with Crippen LogP contribution in [0.25, 0.3) is 5.69 Å². The molecule has 178 valence electrons. The van der Waals surface area contributed by atoms with Crippen molar-refractivity contribution in [1.29, 1.82) is 0 Å². The minimum absolute atomic E-state index is 0.304. The summed E-state index contributed by atoms with van der Waals surface area (Å²) < 4.78 is 21.1. The Morgan fingerprint density at radius 3 is 2.62 bits per heavy atom. The number of anilines is 1. The quantitative estimate of drug-likeness (QED) is 0.497. The van der Waals surface area contributed by atoms with E-state index in [0.29, 0.717) is 49.6 Å². The van der Waals surface area contributed by atoms with Gasteiger partial charge in [0.15, 0.2) is 5.16 Å². The summed E-state index contributed by atoms with van der Waals surface area (Å²) in [7, 11) is 0. The van der Waals surface area contributed by atoms with E-state index in [2.05, 4.69) is 20.8 Å². The number of imide groups is 1. The molecule has 1 atom stereocenters. The maximum Gasteiger partial charge on any atom is 0.321 e. The fraction of sp³-hybridized carbons (Fsp3) is 0.304. The number of carbonyl (C=O) groups excluding carboxylic acids is 2. The summed E-state index contributed by atoms with van der Waals surface area (Å²) in [6.07, 6.45) is 0. The molecule has 3 amide bonds. The third kappa shape index (κ3) is 5.91. The number of halogens is 1. The maximum absolute atomic E-state index is 14.0. The average Bonchev–Trinajstić information content (AvgIpc) is 3.27. The molecule has 34 heavy (non-hydrogen) atoms. The van der Waals surface area contributed by atoms with Gasteiger partial charge in [-0.05, 0) is 30.7 Å². The monoisotopic (exact) mass is 484 g/mol. The fourth-order valence-electron chi connectivity index (χ4n) is 3.40. The molecule has 9 nitrogen and oxygen atoms in total. The lowest BCUT2D eigenvalue weighted by molar-refractivity contribution is -0.119. The maximum atomic E-state index is 14.0. The van der Waals surface area contributed by atoms with Crippen LogP contribution in [0.3, 0.4) is 0 Å². The van der Waals surface area contributed by atoms with Crippen molar-refractivity contribution in [3.05, 3.63) is 66.0 Å². The second kappa shape index (κ2) is 11.1. The molecule has 1 aromatic heterocycles. The largest absolute Gasteiger partial charge is 0.378 e. The molecule has 0 aliphatic carbocycles. The first-order valence-electron chi connectivity index (χ1n) is 10.8. The van der Waals surface area contributed by atoms with Gasteiger partial charge in [-0.15, -0.1) is 10.2 Å². The summed E-state index contributed by atoms with van der Waals surface area (Å²) in [6, 6.07) is 14.9. The third-order valence-corrected chi connectivity index (χ3v) is 6.20. The van der Waals surface area contributed by atoms with Crippen LogP contribution in [0.2, 0.25) is 0 Å². The molecule has 2 heterocycles. The Balaban J connectivity index is 1.46.